The van der Waals surface area contributed by atoms with E-state index in [1.807, 2.05) is 33.3 Å². The maximum absolute atomic E-state index is 13.5. The summed E-state index contributed by atoms with van der Waals surface area (Å²) in [5, 5.41) is 3.03. The van der Waals surface area contributed by atoms with E-state index >= 15 is 0 Å². The molecule has 0 fully saturated rings. The third-order valence-corrected chi connectivity index (χ3v) is 13.6. The Hall–Kier alpha value is -2.81. The predicted molar refractivity (Wildman–Crippen MR) is 309 cm³/mol. The maximum Gasteiger partial charge on any atom is 0.472 e. The molecule has 0 aliphatic rings. The van der Waals surface area contributed by atoms with Gasteiger partial charge >= 0.3 is 13.8 Å². The molecular weight excluding hydrogens is 916 g/mol. The smallest absolute Gasteiger partial charge is 0.456 e. The number of rotatable bonds is 52. The lowest BCUT2D eigenvalue weighted by Crippen LogP contribution is -2.47. The van der Waals surface area contributed by atoms with Crippen molar-refractivity contribution in [2.75, 3.05) is 40.9 Å². The van der Waals surface area contributed by atoms with Crippen LogP contribution in [0.15, 0.2) is 85.1 Å². The number of carbonyl (C=O) groups excluding carboxylic acids is 2. The number of nitrogens with zero attached hydrogens (tertiary/aromatic N) is 1. The fourth-order valence-corrected chi connectivity index (χ4v) is 8.75. The molecule has 0 aliphatic carbocycles. The SMILES string of the molecule is CC/C=C\C/C=C\C/C=C\C/C=C\C/C=C\CCCCCC(=O)NC(COP(=O)(O)OCC[N+](C)(C)C)C(/C=C\CCCCCCCCCCCCC)OC(=O)CCCCC/C=C\CCCCCCCCC. The molecule has 0 bridgehead atoms. The van der Waals surface area contributed by atoms with E-state index in [1.165, 1.54) is 103 Å². The number of phosphoric acid groups is 1. The van der Waals surface area contributed by atoms with Crippen LogP contribution in [0.5, 0.6) is 0 Å². The normalized spacial score (nSPS) is 14.4. The van der Waals surface area contributed by atoms with Crippen molar-refractivity contribution in [3.63, 3.8) is 0 Å². The first kappa shape index (κ1) is 69.2. The molecule has 3 atom stereocenters. The maximum atomic E-state index is 13.5. The van der Waals surface area contributed by atoms with Crippen LogP contribution in [0.25, 0.3) is 0 Å². The highest BCUT2D eigenvalue weighted by Crippen LogP contribution is 2.43. The Morgan fingerprint density at radius 1 is 0.500 bits per heavy atom. The third-order valence-electron chi connectivity index (χ3n) is 12.6. The van der Waals surface area contributed by atoms with Gasteiger partial charge in [-0.2, -0.15) is 0 Å². The van der Waals surface area contributed by atoms with Crippen LogP contribution >= 0.6 is 7.82 Å². The molecule has 0 saturated carbocycles. The molecule has 72 heavy (non-hydrogen) atoms. The molecule has 9 nitrogen and oxygen atoms in total. The second-order valence-corrected chi connectivity index (χ2v) is 22.2. The van der Waals surface area contributed by atoms with E-state index in [0.717, 1.165) is 96.3 Å². The van der Waals surface area contributed by atoms with E-state index in [1.54, 1.807) is 0 Å². The second kappa shape index (κ2) is 51.7. The highest BCUT2D eigenvalue weighted by Gasteiger charge is 2.30. The summed E-state index contributed by atoms with van der Waals surface area (Å²) in [6, 6.07) is -0.875. The quantitative estimate of drug-likeness (QED) is 0.0205. The van der Waals surface area contributed by atoms with Gasteiger partial charge in [0.25, 0.3) is 0 Å². The van der Waals surface area contributed by atoms with Crippen LogP contribution in [0.2, 0.25) is 0 Å². The summed E-state index contributed by atoms with van der Waals surface area (Å²) in [5.41, 5.74) is 0. The lowest BCUT2D eigenvalue weighted by atomic mass is 10.0. The summed E-state index contributed by atoms with van der Waals surface area (Å²) in [4.78, 5) is 37.6. The number of hydrogen-bond donors (Lipinski definition) is 2. The van der Waals surface area contributed by atoms with Crippen LogP contribution in [0.4, 0.5) is 0 Å². The van der Waals surface area contributed by atoms with Gasteiger partial charge in [0.05, 0.1) is 33.8 Å². The van der Waals surface area contributed by atoms with E-state index in [-0.39, 0.29) is 37.9 Å². The highest BCUT2D eigenvalue weighted by atomic mass is 31.2. The molecule has 0 saturated heterocycles. The summed E-state index contributed by atoms with van der Waals surface area (Å²) in [6.07, 6.45) is 67.2. The summed E-state index contributed by atoms with van der Waals surface area (Å²) >= 11 is 0. The zero-order valence-corrected chi connectivity index (χ0v) is 48.3. The van der Waals surface area contributed by atoms with E-state index in [2.05, 4.69) is 99.0 Å². The lowest BCUT2D eigenvalue weighted by Gasteiger charge is -2.27. The van der Waals surface area contributed by atoms with Gasteiger partial charge in [-0.3, -0.25) is 18.6 Å². The number of ether oxygens (including phenoxy) is 1. The van der Waals surface area contributed by atoms with Crippen LogP contribution in [-0.2, 0) is 27.9 Å². The van der Waals surface area contributed by atoms with Crippen molar-refractivity contribution < 1.29 is 37.3 Å². The molecule has 416 valence electrons. The molecule has 10 heteroatoms. The summed E-state index contributed by atoms with van der Waals surface area (Å²) < 4.78 is 30.6. The van der Waals surface area contributed by atoms with Gasteiger partial charge in [-0.05, 0) is 102 Å². The molecule has 0 aromatic heterocycles. The van der Waals surface area contributed by atoms with E-state index in [0.29, 0.717) is 23.9 Å². The topological polar surface area (TPSA) is 111 Å². The Balaban J connectivity index is 5.43. The molecule has 0 heterocycles. The Kier molecular flexibility index (Phi) is 49.6. The standard InChI is InChI=1S/C62H111N2O7P/c1-7-10-13-16-19-22-25-28-30-31-32-33-34-36-39-42-45-48-51-54-61(65)63-59(58-70-72(67,68)69-57-56-64(4,5)6)60(53-50-47-44-41-38-35-27-24-21-18-15-12-9-3)71-62(66)55-52-49-46-43-40-37-29-26-23-20-17-14-11-8-2/h10,13,19,22,28,30,32-33,36-37,39-40,50,53,59-60H,7-9,11-12,14-18,20-21,23-27,29,31,34-35,38,41-49,51-52,54-58H2,1-6H3,(H-,63,65,67,68)/p+1/b13-10-,22-19-,30-28-,33-32-,39-36-,40-37-,53-50-. The number of likely N-dealkylation sites (N-methyl/N-ethyl adjacent to an activating group) is 1. The molecule has 0 rings (SSSR count). The van der Waals surface area contributed by atoms with Gasteiger partial charge in [-0.1, -0.05) is 215 Å². The minimum absolute atomic E-state index is 0.0280. The van der Waals surface area contributed by atoms with Gasteiger partial charge in [0, 0.05) is 12.8 Å². The Bertz CT molecular complexity index is 1510. The largest absolute Gasteiger partial charge is 0.472 e. The van der Waals surface area contributed by atoms with Gasteiger partial charge in [0.15, 0.2) is 0 Å². The number of esters is 1. The Morgan fingerprint density at radius 2 is 0.889 bits per heavy atom. The van der Waals surface area contributed by atoms with Crippen molar-refractivity contribution in [3.8, 4) is 0 Å². The molecule has 0 radical (unpaired) electrons. The average molecular weight is 1030 g/mol. The molecule has 0 aromatic rings. The predicted octanol–water partition coefficient (Wildman–Crippen LogP) is 17.8. The number of hydrogen-bond acceptors (Lipinski definition) is 6. The highest BCUT2D eigenvalue weighted by molar-refractivity contribution is 7.47. The van der Waals surface area contributed by atoms with Crippen molar-refractivity contribution >= 4 is 19.7 Å². The summed E-state index contributed by atoms with van der Waals surface area (Å²) in [5.74, 6) is -0.563. The van der Waals surface area contributed by atoms with Crippen LogP contribution in [0.1, 0.15) is 245 Å². The number of quaternary nitrogens is 1. The molecular formula is C62H112N2O7P+. The van der Waals surface area contributed by atoms with Crippen molar-refractivity contribution in [2.24, 2.45) is 0 Å². The van der Waals surface area contributed by atoms with Gasteiger partial charge in [0.2, 0.25) is 5.91 Å². The van der Waals surface area contributed by atoms with Crippen molar-refractivity contribution in [1.82, 2.24) is 5.32 Å². The molecule has 0 aromatic carbocycles. The minimum Gasteiger partial charge on any atom is -0.456 e. The number of nitrogens with one attached hydrogen (secondary N) is 1. The number of carbonyl (C=O) groups is 2. The van der Waals surface area contributed by atoms with Crippen LogP contribution < -0.4 is 5.32 Å². The first-order chi connectivity index (χ1) is 34.9. The summed E-state index contributed by atoms with van der Waals surface area (Å²) in [7, 11) is 1.46. The van der Waals surface area contributed by atoms with E-state index in [4.69, 9.17) is 13.8 Å². The minimum atomic E-state index is -4.46. The molecule has 0 aliphatic heterocycles. The van der Waals surface area contributed by atoms with Crippen molar-refractivity contribution in [3.05, 3.63) is 85.1 Å². The second-order valence-electron chi connectivity index (χ2n) is 20.8. The fraction of sp³-hybridized carbons (Fsp3) is 0.742. The zero-order chi connectivity index (χ0) is 52.9. The van der Waals surface area contributed by atoms with Crippen LogP contribution in [0, 0.1) is 0 Å². The van der Waals surface area contributed by atoms with E-state index in [9.17, 15) is 19.0 Å². The monoisotopic (exact) mass is 1030 g/mol. The molecule has 3 unspecified atom stereocenters. The van der Waals surface area contributed by atoms with Gasteiger partial charge in [-0.25, -0.2) is 4.57 Å². The average Bonchev–Trinajstić information content (AvgIpc) is 3.34. The van der Waals surface area contributed by atoms with Gasteiger partial charge in [0.1, 0.15) is 19.3 Å². The molecule has 1 amide bonds. The lowest BCUT2D eigenvalue weighted by molar-refractivity contribution is -0.870. The zero-order valence-electron chi connectivity index (χ0n) is 47.4. The number of phosphoric ester groups is 1. The molecule has 2 N–H and O–H groups in total. The van der Waals surface area contributed by atoms with Crippen LogP contribution in [0.3, 0.4) is 0 Å². The van der Waals surface area contributed by atoms with Crippen LogP contribution in [-0.4, -0.2) is 74.3 Å². The Morgan fingerprint density at radius 3 is 1.35 bits per heavy atom. The van der Waals surface area contributed by atoms with Crippen molar-refractivity contribution in [2.45, 2.75) is 258 Å². The molecule has 0 spiro atoms. The Labute approximate surface area is 444 Å². The first-order valence-electron chi connectivity index (χ1n) is 29.4. The summed E-state index contributed by atoms with van der Waals surface area (Å²) in [6.45, 7) is 6.85. The number of allylic oxidation sites excluding steroid dienone is 13. The number of amides is 1. The van der Waals surface area contributed by atoms with Gasteiger partial charge < -0.3 is 19.4 Å². The number of unbranched alkanes of at least 4 members (excludes halogenated alkanes) is 24. The fourth-order valence-electron chi connectivity index (χ4n) is 8.02. The first-order valence-corrected chi connectivity index (χ1v) is 30.9. The van der Waals surface area contributed by atoms with Gasteiger partial charge in [-0.15, -0.1) is 0 Å². The van der Waals surface area contributed by atoms with E-state index < -0.39 is 20.0 Å². The van der Waals surface area contributed by atoms with Crippen molar-refractivity contribution in [1.29, 1.82) is 0 Å². The third kappa shape index (κ3) is 52.1.